The zero-order valence-corrected chi connectivity index (χ0v) is 13.8. The number of nitrogens with zero attached hydrogens (tertiary/aromatic N) is 1. The summed E-state index contributed by atoms with van der Waals surface area (Å²) in [5, 5.41) is 0. The Hall–Kier alpha value is -2.28. The van der Waals surface area contributed by atoms with Crippen LogP contribution in [0, 0.1) is 0 Å². The van der Waals surface area contributed by atoms with E-state index in [1.54, 1.807) is 19.1 Å². The van der Waals surface area contributed by atoms with Crippen molar-refractivity contribution in [1.82, 2.24) is 0 Å². The number of carbonyl (C=O) groups excluding carboxylic acids is 2. The Balaban J connectivity index is 2.60. The third-order valence-corrected chi connectivity index (χ3v) is 3.91. The molecular formula is C16H22N2O5. The van der Waals surface area contributed by atoms with Crippen molar-refractivity contribution in [2.75, 3.05) is 25.7 Å². The molecule has 1 heterocycles. The van der Waals surface area contributed by atoms with E-state index < -0.39 is 12.1 Å². The zero-order valence-electron chi connectivity index (χ0n) is 13.8. The summed E-state index contributed by atoms with van der Waals surface area (Å²) >= 11 is 0. The monoisotopic (exact) mass is 322 g/mol. The second-order valence-corrected chi connectivity index (χ2v) is 5.36. The van der Waals surface area contributed by atoms with Crippen LogP contribution in [-0.4, -0.2) is 38.9 Å². The van der Waals surface area contributed by atoms with Crippen molar-refractivity contribution in [1.29, 1.82) is 0 Å². The smallest absolute Gasteiger partial charge is 0.414 e. The molecule has 1 amide bonds. The third-order valence-electron chi connectivity index (χ3n) is 3.91. The van der Waals surface area contributed by atoms with E-state index in [1.807, 2.05) is 6.92 Å². The SMILES string of the molecule is CCOC(=O)N1c2cc(C(=O)OC)c(OC)cc2[C@H](N)C[C@@H]1C. The predicted molar refractivity (Wildman–Crippen MR) is 84.8 cm³/mol. The number of anilines is 1. The molecule has 23 heavy (non-hydrogen) atoms. The Morgan fingerprint density at radius 3 is 2.61 bits per heavy atom. The topological polar surface area (TPSA) is 91.1 Å². The fourth-order valence-corrected chi connectivity index (χ4v) is 2.84. The molecule has 7 nitrogen and oxygen atoms in total. The molecule has 0 saturated carbocycles. The molecule has 0 fully saturated rings. The number of methoxy groups -OCH3 is 2. The maximum atomic E-state index is 12.3. The highest BCUT2D eigenvalue weighted by molar-refractivity contribution is 5.97. The molecule has 2 rings (SSSR count). The standard InChI is InChI=1S/C16H22N2O5/c1-5-23-16(20)18-9(2)6-12(17)10-8-14(21-3)11(7-13(10)18)15(19)22-4/h7-9,12H,5-6,17H2,1-4H3/t9-,12+/m0/s1. The van der Waals surface area contributed by atoms with E-state index in [0.717, 1.165) is 5.56 Å². The van der Waals surface area contributed by atoms with Crippen LogP contribution < -0.4 is 15.4 Å². The van der Waals surface area contributed by atoms with Gasteiger partial charge in [0, 0.05) is 12.1 Å². The second kappa shape index (κ2) is 6.87. The highest BCUT2D eigenvalue weighted by atomic mass is 16.6. The van der Waals surface area contributed by atoms with Gasteiger partial charge in [-0.3, -0.25) is 4.90 Å². The first-order valence-corrected chi connectivity index (χ1v) is 7.46. The van der Waals surface area contributed by atoms with Crippen molar-refractivity contribution >= 4 is 17.7 Å². The van der Waals surface area contributed by atoms with Gasteiger partial charge in [-0.2, -0.15) is 0 Å². The van der Waals surface area contributed by atoms with Crippen molar-refractivity contribution < 1.29 is 23.8 Å². The van der Waals surface area contributed by atoms with E-state index in [0.29, 0.717) is 17.9 Å². The lowest BCUT2D eigenvalue weighted by Gasteiger charge is -2.37. The normalized spacial score (nSPS) is 19.8. The average molecular weight is 322 g/mol. The lowest BCUT2D eigenvalue weighted by atomic mass is 9.91. The molecule has 2 atom stereocenters. The highest BCUT2D eigenvalue weighted by Gasteiger charge is 2.35. The van der Waals surface area contributed by atoms with Crippen LogP contribution in [0.5, 0.6) is 5.75 Å². The number of carbonyl (C=O) groups is 2. The van der Waals surface area contributed by atoms with Crippen LogP contribution in [0.4, 0.5) is 10.5 Å². The second-order valence-electron chi connectivity index (χ2n) is 5.36. The van der Waals surface area contributed by atoms with Gasteiger partial charge in [-0.15, -0.1) is 0 Å². The van der Waals surface area contributed by atoms with Crippen molar-refractivity contribution in [3.63, 3.8) is 0 Å². The van der Waals surface area contributed by atoms with Crippen molar-refractivity contribution in [2.45, 2.75) is 32.4 Å². The van der Waals surface area contributed by atoms with Crippen molar-refractivity contribution in [3.05, 3.63) is 23.3 Å². The molecule has 1 aliphatic heterocycles. The summed E-state index contributed by atoms with van der Waals surface area (Å²) in [5.41, 5.74) is 7.73. The molecule has 2 N–H and O–H groups in total. The minimum absolute atomic E-state index is 0.143. The van der Waals surface area contributed by atoms with E-state index in [9.17, 15) is 9.59 Å². The summed E-state index contributed by atoms with van der Waals surface area (Å²) < 4.78 is 15.2. The maximum absolute atomic E-state index is 12.3. The van der Waals surface area contributed by atoms with Crippen LogP contribution in [0.1, 0.15) is 42.2 Å². The molecule has 0 aliphatic carbocycles. The molecule has 0 saturated heterocycles. The Morgan fingerprint density at radius 2 is 2.04 bits per heavy atom. The number of rotatable bonds is 3. The van der Waals surface area contributed by atoms with Crippen LogP contribution in [-0.2, 0) is 9.47 Å². The minimum Gasteiger partial charge on any atom is -0.496 e. The fourth-order valence-electron chi connectivity index (χ4n) is 2.84. The molecular weight excluding hydrogens is 300 g/mol. The summed E-state index contributed by atoms with van der Waals surface area (Å²) in [6, 6.07) is 2.86. The molecule has 7 heteroatoms. The zero-order chi connectivity index (χ0) is 17.1. The quantitative estimate of drug-likeness (QED) is 0.858. The average Bonchev–Trinajstić information content (AvgIpc) is 2.53. The van der Waals surface area contributed by atoms with E-state index in [1.165, 1.54) is 19.1 Å². The largest absolute Gasteiger partial charge is 0.496 e. The maximum Gasteiger partial charge on any atom is 0.414 e. The van der Waals surface area contributed by atoms with Crippen LogP contribution in [0.25, 0.3) is 0 Å². The summed E-state index contributed by atoms with van der Waals surface area (Å²) in [7, 11) is 2.76. The summed E-state index contributed by atoms with van der Waals surface area (Å²) in [6.07, 6.45) is 0.126. The van der Waals surface area contributed by atoms with Crippen LogP contribution >= 0.6 is 0 Å². The lowest BCUT2D eigenvalue weighted by Crippen LogP contribution is -2.45. The molecule has 1 aromatic carbocycles. The number of nitrogens with two attached hydrogens (primary N) is 1. The van der Waals surface area contributed by atoms with Gasteiger partial charge < -0.3 is 19.9 Å². The number of benzene rings is 1. The molecule has 126 valence electrons. The number of ether oxygens (including phenoxy) is 3. The van der Waals surface area contributed by atoms with E-state index >= 15 is 0 Å². The summed E-state index contributed by atoms with van der Waals surface area (Å²) in [5.74, 6) is -0.176. The van der Waals surface area contributed by atoms with E-state index in [2.05, 4.69) is 0 Å². The molecule has 0 bridgehead atoms. The fraction of sp³-hybridized carbons (Fsp3) is 0.500. The summed E-state index contributed by atoms with van der Waals surface area (Å²) in [4.78, 5) is 25.8. The van der Waals surface area contributed by atoms with Gasteiger partial charge in [-0.05, 0) is 38.0 Å². The molecule has 0 radical (unpaired) electrons. The Labute approximate surface area is 135 Å². The van der Waals surface area contributed by atoms with Crippen LogP contribution in [0.3, 0.4) is 0 Å². The number of fused-ring (bicyclic) bond motifs is 1. The van der Waals surface area contributed by atoms with Gasteiger partial charge in [0.05, 0.1) is 26.5 Å². The Kier molecular flexibility index (Phi) is 5.10. The predicted octanol–water partition coefficient (Wildman–Crippen LogP) is 2.24. The van der Waals surface area contributed by atoms with Crippen molar-refractivity contribution in [2.24, 2.45) is 5.73 Å². The molecule has 0 unspecified atom stereocenters. The molecule has 0 aromatic heterocycles. The third kappa shape index (κ3) is 3.10. The lowest BCUT2D eigenvalue weighted by molar-refractivity contribution is 0.0597. The molecule has 1 aliphatic rings. The Morgan fingerprint density at radius 1 is 1.35 bits per heavy atom. The molecule has 0 spiro atoms. The number of esters is 1. The van der Waals surface area contributed by atoms with Crippen LogP contribution in [0.2, 0.25) is 0 Å². The number of hydrogen-bond donors (Lipinski definition) is 1. The van der Waals surface area contributed by atoms with Gasteiger partial charge in [0.2, 0.25) is 0 Å². The first-order valence-electron chi connectivity index (χ1n) is 7.46. The van der Waals surface area contributed by atoms with Crippen LogP contribution in [0.15, 0.2) is 12.1 Å². The van der Waals surface area contributed by atoms with Gasteiger partial charge in [-0.25, -0.2) is 9.59 Å². The minimum atomic E-state index is -0.541. The molecule has 1 aromatic rings. The van der Waals surface area contributed by atoms with E-state index in [4.69, 9.17) is 19.9 Å². The van der Waals surface area contributed by atoms with Gasteiger partial charge in [0.15, 0.2) is 0 Å². The number of amides is 1. The highest BCUT2D eigenvalue weighted by Crippen LogP contribution is 2.40. The first kappa shape index (κ1) is 17.1. The van der Waals surface area contributed by atoms with Crippen molar-refractivity contribution in [3.8, 4) is 5.75 Å². The number of hydrogen-bond acceptors (Lipinski definition) is 6. The van der Waals surface area contributed by atoms with Gasteiger partial charge >= 0.3 is 12.1 Å². The Bertz CT molecular complexity index is 617. The van der Waals surface area contributed by atoms with Gasteiger partial charge in [0.25, 0.3) is 0 Å². The van der Waals surface area contributed by atoms with Gasteiger partial charge in [0.1, 0.15) is 11.3 Å². The van der Waals surface area contributed by atoms with Gasteiger partial charge in [-0.1, -0.05) is 0 Å². The summed E-state index contributed by atoms with van der Waals surface area (Å²) in [6.45, 7) is 3.90. The van der Waals surface area contributed by atoms with E-state index in [-0.39, 0.29) is 24.3 Å². The first-order chi connectivity index (χ1) is 10.9.